The summed E-state index contributed by atoms with van der Waals surface area (Å²) in [5, 5.41) is 4.04. The van der Waals surface area contributed by atoms with Crippen molar-refractivity contribution in [2.45, 2.75) is 13.8 Å². The van der Waals surface area contributed by atoms with Gasteiger partial charge in [-0.15, -0.1) is 0 Å². The van der Waals surface area contributed by atoms with E-state index in [2.05, 4.69) is 10.3 Å². The second-order valence-electron chi connectivity index (χ2n) is 4.37. The third kappa shape index (κ3) is 2.28. The highest BCUT2D eigenvalue weighted by Gasteiger charge is 2.11. The molecule has 2 rings (SSSR count). The molecule has 0 aliphatic heterocycles. The van der Waals surface area contributed by atoms with Crippen LogP contribution in [0, 0.1) is 5.92 Å². The molecule has 0 saturated heterocycles. The van der Waals surface area contributed by atoms with Crippen LogP contribution in [0.2, 0.25) is 0 Å². The van der Waals surface area contributed by atoms with E-state index in [4.69, 9.17) is 0 Å². The van der Waals surface area contributed by atoms with E-state index in [1.807, 2.05) is 51.2 Å². The quantitative estimate of drug-likeness (QED) is 0.821. The van der Waals surface area contributed by atoms with Crippen molar-refractivity contribution in [1.82, 2.24) is 4.98 Å². The minimum absolute atomic E-state index is 0.0138. The number of benzene rings is 1. The molecule has 17 heavy (non-hydrogen) atoms. The normalized spacial score (nSPS) is 10.8. The number of hydrogen-bond donors (Lipinski definition) is 1. The van der Waals surface area contributed by atoms with Crippen LogP contribution in [0.15, 0.2) is 30.3 Å². The monoisotopic (exact) mass is 228 g/mol. The van der Waals surface area contributed by atoms with Crippen molar-refractivity contribution in [2.24, 2.45) is 5.92 Å². The van der Waals surface area contributed by atoms with E-state index >= 15 is 0 Å². The van der Waals surface area contributed by atoms with Crippen LogP contribution in [0.25, 0.3) is 10.9 Å². The van der Waals surface area contributed by atoms with E-state index in [1.165, 1.54) is 0 Å². The van der Waals surface area contributed by atoms with Gasteiger partial charge in [-0.05, 0) is 18.2 Å². The lowest BCUT2D eigenvalue weighted by molar-refractivity contribution is 0.0939. The van der Waals surface area contributed by atoms with Crippen LogP contribution >= 0.6 is 0 Å². The number of nitrogens with one attached hydrogen (secondary N) is 1. The van der Waals surface area contributed by atoms with E-state index in [1.54, 1.807) is 0 Å². The average molecular weight is 228 g/mol. The Bertz CT molecular complexity index is 561. The van der Waals surface area contributed by atoms with Crippen molar-refractivity contribution in [2.75, 3.05) is 12.4 Å². The summed E-state index contributed by atoms with van der Waals surface area (Å²) in [6.07, 6.45) is 0. The fraction of sp³-hybridized carbons (Fsp3) is 0.286. The fourth-order valence-corrected chi connectivity index (χ4v) is 1.74. The molecule has 1 aromatic carbocycles. The Morgan fingerprint density at radius 1 is 1.24 bits per heavy atom. The molecule has 0 unspecified atom stereocenters. The van der Waals surface area contributed by atoms with Crippen molar-refractivity contribution in [1.29, 1.82) is 0 Å². The first kappa shape index (κ1) is 11.6. The van der Waals surface area contributed by atoms with Crippen LogP contribution in [0.5, 0.6) is 0 Å². The number of fused-ring (bicyclic) bond motifs is 1. The number of anilines is 1. The maximum absolute atomic E-state index is 11.9. The molecule has 0 atom stereocenters. The Labute approximate surface area is 101 Å². The van der Waals surface area contributed by atoms with Crippen LogP contribution in [0.1, 0.15) is 24.2 Å². The smallest absolute Gasteiger partial charge is 0.165 e. The van der Waals surface area contributed by atoms with Gasteiger partial charge in [-0.1, -0.05) is 26.0 Å². The Morgan fingerprint density at radius 3 is 2.59 bits per heavy atom. The van der Waals surface area contributed by atoms with Crippen molar-refractivity contribution >= 4 is 22.5 Å². The molecular formula is C14H16N2O. The molecule has 0 saturated carbocycles. The molecule has 1 N–H and O–H groups in total. The van der Waals surface area contributed by atoms with Crippen molar-refractivity contribution < 1.29 is 4.79 Å². The van der Waals surface area contributed by atoms with Crippen molar-refractivity contribution in [3.8, 4) is 0 Å². The van der Waals surface area contributed by atoms with E-state index in [9.17, 15) is 4.79 Å². The Balaban J connectivity index is 2.51. The number of Topliss-reactive ketones (excluding diaryl/α,β-unsaturated/α-hetero) is 1. The maximum atomic E-state index is 11.9. The summed E-state index contributed by atoms with van der Waals surface area (Å²) >= 11 is 0. The third-order valence-corrected chi connectivity index (χ3v) is 2.76. The molecule has 0 aliphatic rings. The van der Waals surface area contributed by atoms with E-state index < -0.39 is 0 Å². The average Bonchev–Trinajstić information content (AvgIpc) is 2.36. The number of nitrogens with zero attached hydrogens (tertiary/aromatic N) is 1. The standard InChI is InChI=1S/C14H16N2O/c1-9(2)14(17)11-5-4-10-6-7-13(15-3)16-12(10)8-11/h4-9H,1-3H3,(H,15,16). The third-order valence-electron chi connectivity index (χ3n) is 2.76. The van der Waals surface area contributed by atoms with Crippen molar-refractivity contribution in [3.05, 3.63) is 35.9 Å². The molecule has 88 valence electrons. The number of rotatable bonds is 3. The first-order valence-electron chi connectivity index (χ1n) is 5.74. The van der Waals surface area contributed by atoms with E-state index in [0.717, 1.165) is 22.3 Å². The summed E-state index contributed by atoms with van der Waals surface area (Å²) in [6.45, 7) is 3.81. The number of hydrogen-bond acceptors (Lipinski definition) is 3. The molecule has 0 aliphatic carbocycles. The van der Waals surface area contributed by atoms with Gasteiger partial charge in [-0.3, -0.25) is 4.79 Å². The lowest BCUT2D eigenvalue weighted by atomic mass is 10.00. The van der Waals surface area contributed by atoms with E-state index in [-0.39, 0.29) is 11.7 Å². The summed E-state index contributed by atoms with van der Waals surface area (Å²) in [5.74, 6) is 0.982. The number of pyridine rings is 1. The summed E-state index contributed by atoms with van der Waals surface area (Å²) in [7, 11) is 1.83. The van der Waals surface area contributed by atoms with Gasteiger partial charge in [0.2, 0.25) is 0 Å². The zero-order chi connectivity index (χ0) is 12.4. The first-order valence-corrected chi connectivity index (χ1v) is 5.74. The molecule has 0 bridgehead atoms. The fourth-order valence-electron chi connectivity index (χ4n) is 1.74. The van der Waals surface area contributed by atoms with Gasteiger partial charge in [0, 0.05) is 23.9 Å². The highest BCUT2D eigenvalue weighted by atomic mass is 16.1. The number of carbonyl (C=O) groups excluding carboxylic acids is 1. The summed E-state index contributed by atoms with van der Waals surface area (Å²) in [5.41, 5.74) is 1.58. The van der Waals surface area contributed by atoms with Crippen molar-refractivity contribution in [3.63, 3.8) is 0 Å². The molecule has 3 nitrogen and oxygen atoms in total. The Hall–Kier alpha value is -1.90. The lowest BCUT2D eigenvalue weighted by Gasteiger charge is -2.06. The Morgan fingerprint density at radius 2 is 1.94 bits per heavy atom. The molecular weight excluding hydrogens is 212 g/mol. The molecule has 0 amide bonds. The van der Waals surface area contributed by atoms with Gasteiger partial charge in [-0.2, -0.15) is 0 Å². The zero-order valence-corrected chi connectivity index (χ0v) is 10.3. The molecule has 2 aromatic rings. The second-order valence-corrected chi connectivity index (χ2v) is 4.37. The van der Waals surface area contributed by atoms with Gasteiger partial charge in [0.1, 0.15) is 5.82 Å². The molecule has 0 radical (unpaired) electrons. The van der Waals surface area contributed by atoms with Crippen LogP contribution in [0.4, 0.5) is 5.82 Å². The van der Waals surface area contributed by atoms with Gasteiger partial charge in [0.15, 0.2) is 5.78 Å². The molecule has 1 heterocycles. The SMILES string of the molecule is CNc1ccc2ccc(C(=O)C(C)C)cc2n1. The minimum Gasteiger partial charge on any atom is -0.373 e. The summed E-state index contributed by atoms with van der Waals surface area (Å²) in [6, 6.07) is 9.59. The highest BCUT2D eigenvalue weighted by molar-refractivity contribution is 6.00. The van der Waals surface area contributed by atoms with Gasteiger partial charge >= 0.3 is 0 Å². The van der Waals surface area contributed by atoms with Crippen LogP contribution in [0.3, 0.4) is 0 Å². The van der Waals surface area contributed by atoms with Crippen LogP contribution in [-0.2, 0) is 0 Å². The van der Waals surface area contributed by atoms with E-state index in [0.29, 0.717) is 0 Å². The second kappa shape index (κ2) is 4.53. The zero-order valence-electron chi connectivity index (χ0n) is 10.3. The van der Waals surface area contributed by atoms with Gasteiger partial charge in [0.05, 0.1) is 5.52 Å². The van der Waals surface area contributed by atoms with Gasteiger partial charge in [0.25, 0.3) is 0 Å². The number of aromatic nitrogens is 1. The maximum Gasteiger partial charge on any atom is 0.165 e. The molecule has 0 spiro atoms. The summed E-state index contributed by atoms with van der Waals surface area (Å²) < 4.78 is 0. The van der Waals surface area contributed by atoms with Crippen LogP contribution in [-0.4, -0.2) is 17.8 Å². The highest BCUT2D eigenvalue weighted by Crippen LogP contribution is 2.18. The predicted molar refractivity (Wildman–Crippen MR) is 70.5 cm³/mol. The largest absolute Gasteiger partial charge is 0.373 e. The molecule has 0 fully saturated rings. The minimum atomic E-state index is 0.0138. The first-order chi connectivity index (χ1) is 8.11. The Kier molecular flexibility index (Phi) is 3.09. The van der Waals surface area contributed by atoms with Crippen LogP contribution < -0.4 is 5.32 Å². The molecule has 1 aromatic heterocycles. The molecule has 3 heteroatoms. The summed E-state index contributed by atoms with van der Waals surface area (Å²) in [4.78, 5) is 16.3. The predicted octanol–water partition coefficient (Wildman–Crippen LogP) is 3.12. The number of ketones is 1. The topological polar surface area (TPSA) is 42.0 Å². The number of carbonyl (C=O) groups is 1. The lowest BCUT2D eigenvalue weighted by Crippen LogP contribution is -2.07. The van der Waals surface area contributed by atoms with Gasteiger partial charge < -0.3 is 5.32 Å². The van der Waals surface area contributed by atoms with Gasteiger partial charge in [-0.25, -0.2) is 4.98 Å².